The van der Waals surface area contributed by atoms with Gasteiger partial charge in [-0.1, -0.05) is 23.2 Å². The molecular weight excluding hydrogens is 290 g/mol. The highest BCUT2D eigenvalue weighted by Gasteiger charge is 2.23. The molecule has 1 N–H and O–H groups in total. The quantitative estimate of drug-likeness (QED) is 0.931. The molecule has 0 amide bonds. The van der Waals surface area contributed by atoms with Crippen molar-refractivity contribution in [1.82, 2.24) is 9.78 Å². The predicted molar refractivity (Wildman–Crippen MR) is 73.1 cm³/mol. The lowest BCUT2D eigenvalue weighted by molar-refractivity contribution is 0.200. The van der Waals surface area contributed by atoms with Gasteiger partial charge in [-0.05, 0) is 32.0 Å². The van der Waals surface area contributed by atoms with Crippen LogP contribution in [0.2, 0.25) is 10.0 Å². The fourth-order valence-corrected chi connectivity index (χ4v) is 2.30. The Morgan fingerprint density at radius 1 is 1.32 bits per heavy atom. The van der Waals surface area contributed by atoms with Crippen LogP contribution in [0.25, 0.3) is 0 Å². The number of aromatic nitrogens is 2. The van der Waals surface area contributed by atoms with Crippen LogP contribution in [0.1, 0.15) is 37.3 Å². The van der Waals surface area contributed by atoms with Gasteiger partial charge in [-0.15, -0.1) is 0 Å². The number of benzene rings is 1. The van der Waals surface area contributed by atoms with Gasteiger partial charge in [0.05, 0.1) is 16.9 Å². The van der Waals surface area contributed by atoms with Crippen molar-refractivity contribution >= 4 is 23.2 Å². The molecule has 1 unspecified atom stereocenters. The third-order valence-electron chi connectivity index (χ3n) is 2.79. The first-order valence-electron chi connectivity index (χ1n) is 5.77. The summed E-state index contributed by atoms with van der Waals surface area (Å²) in [6.45, 7) is 3.79. The van der Waals surface area contributed by atoms with Crippen molar-refractivity contribution in [2.75, 3.05) is 0 Å². The standard InChI is InChI=1S/C13H13Cl2FN2O/c1-7(2)18-12(10(15)6-17-18)13(19)9-5-8(14)3-4-11(9)16/h3-7,13,19H,1-2H3. The summed E-state index contributed by atoms with van der Waals surface area (Å²) in [4.78, 5) is 0. The molecule has 1 atom stereocenters. The fourth-order valence-electron chi connectivity index (χ4n) is 1.89. The molecule has 0 spiro atoms. The van der Waals surface area contributed by atoms with E-state index in [9.17, 15) is 9.50 Å². The van der Waals surface area contributed by atoms with Crippen molar-refractivity contribution < 1.29 is 9.50 Å². The lowest BCUT2D eigenvalue weighted by Crippen LogP contribution is -2.13. The molecular formula is C13H13Cl2FN2O. The molecule has 102 valence electrons. The first-order valence-corrected chi connectivity index (χ1v) is 6.53. The van der Waals surface area contributed by atoms with Gasteiger partial charge < -0.3 is 5.11 Å². The van der Waals surface area contributed by atoms with Crippen molar-refractivity contribution in [3.05, 3.63) is 51.5 Å². The van der Waals surface area contributed by atoms with Crippen LogP contribution in [0.4, 0.5) is 4.39 Å². The minimum atomic E-state index is -1.21. The van der Waals surface area contributed by atoms with Gasteiger partial charge in [-0.3, -0.25) is 4.68 Å². The third kappa shape index (κ3) is 2.76. The Morgan fingerprint density at radius 2 is 2.00 bits per heavy atom. The van der Waals surface area contributed by atoms with E-state index in [0.717, 1.165) is 0 Å². The number of hydrogen-bond acceptors (Lipinski definition) is 2. The SMILES string of the molecule is CC(C)n1ncc(Cl)c1C(O)c1cc(Cl)ccc1F. The normalized spacial score (nSPS) is 13.0. The molecule has 0 saturated carbocycles. The largest absolute Gasteiger partial charge is 0.382 e. The van der Waals surface area contributed by atoms with Gasteiger partial charge in [0.2, 0.25) is 0 Å². The van der Waals surface area contributed by atoms with Crippen molar-refractivity contribution in [3.8, 4) is 0 Å². The van der Waals surface area contributed by atoms with Crippen LogP contribution in [-0.2, 0) is 0 Å². The van der Waals surface area contributed by atoms with E-state index < -0.39 is 11.9 Å². The zero-order valence-electron chi connectivity index (χ0n) is 10.4. The number of halogens is 3. The average molecular weight is 303 g/mol. The molecule has 0 radical (unpaired) electrons. The monoisotopic (exact) mass is 302 g/mol. The third-order valence-corrected chi connectivity index (χ3v) is 3.31. The molecule has 1 aromatic heterocycles. The van der Waals surface area contributed by atoms with Gasteiger partial charge in [-0.25, -0.2) is 4.39 Å². The highest BCUT2D eigenvalue weighted by atomic mass is 35.5. The first kappa shape index (κ1) is 14.3. The Kier molecular flexibility index (Phi) is 4.13. The molecule has 0 fully saturated rings. The number of aliphatic hydroxyl groups excluding tert-OH is 1. The molecule has 6 heteroatoms. The van der Waals surface area contributed by atoms with Crippen molar-refractivity contribution in [2.24, 2.45) is 0 Å². The second kappa shape index (κ2) is 5.49. The van der Waals surface area contributed by atoms with Gasteiger partial charge in [-0.2, -0.15) is 5.10 Å². The molecule has 0 bridgehead atoms. The molecule has 0 aliphatic rings. The summed E-state index contributed by atoms with van der Waals surface area (Å²) >= 11 is 11.9. The Bertz CT molecular complexity index is 598. The summed E-state index contributed by atoms with van der Waals surface area (Å²) in [5.74, 6) is -0.538. The van der Waals surface area contributed by atoms with E-state index in [2.05, 4.69) is 5.10 Å². The summed E-state index contributed by atoms with van der Waals surface area (Å²) in [5, 5.41) is 15.1. The second-order valence-corrected chi connectivity index (χ2v) is 5.33. The van der Waals surface area contributed by atoms with Crippen LogP contribution < -0.4 is 0 Å². The molecule has 2 aromatic rings. The molecule has 1 heterocycles. The summed E-state index contributed by atoms with van der Waals surface area (Å²) in [5.41, 5.74) is 0.439. The van der Waals surface area contributed by atoms with Crippen LogP contribution >= 0.6 is 23.2 Å². The summed E-state index contributed by atoms with van der Waals surface area (Å²) in [6.07, 6.45) is 0.221. The Balaban J connectivity index is 2.52. The molecule has 1 aromatic carbocycles. The Labute approximate surface area is 120 Å². The van der Waals surface area contributed by atoms with Crippen LogP contribution in [0.5, 0.6) is 0 Å². The van der Waals surface area contributed by atoms with E-state index in [1.165, 1.54) is 24.4 Å². The maximum absolute atomic E-state index is 13.8. The van der Waals surface area contributed by atoms with Gasteiger partial charge in [0.15, 0.2) is 0 Å². The maximum Gasteiger partial charge on any atom is 0.129 e. The van der Waals surface area contributed by atoms with Crippen molar-refractivity contribution in [1.29, 1.82) is 0 Å². The van der Waals surface area contributed by atoms with Crippen LogP contribution in [0.15, 0.2) is 24.4 Å². The van der Waals surface area contributed by atoms with Gasteiger partial charge in [0.1, 0.15) is 11.9 Å². The minimum absolute atomic E-state index is 0.000560. The molecule has 19 heavy (non-hydrogen) atoms. The van der Waals surface area contributed by atoms with E-state index in [-0.39, 0.29) is 11.6 Å². The molecule has 0 aliphatic carbocycles. The van der Waals surface area contributed by atoms with Gasteiger partial charge in [0, 0.05) is 16.6 Å². The minimum Gasteiger partial charge on any atom is -0.382 e. The van der Waals surface area contributed by atoms with Crippen LogP contribution in [0.3, 0.4) is 0 Å². The number of aliphatic hydroxyl groups is 1. The molecule has 0 aliphatic heterocycles. The number of nitrogens with zero attached hydrogens (tertiary/aromatic N) is 2. The van der Waals surface area contributed by atoms with E-state index in [1.807, 2.05) is 13.8 Å². The van der Waals surface area contributed by atoms with Crippen LogP contribution in [-0.4, -0.2) is 14.9 Å². The zero-order valence-corrected chi connectivity index (χ0v) is 12.0. The molecule has 2 rings (SSSR count). The summed E-state index contributed by atoms with van der Waals surface area (Å²) in [7, 11) is 0. The van der Waals surface area contributed by atoms with Gasteiger partial charge >= 0.3 is 0 Å². The van der Waals surface area contributed by atoms with Gasteiger partial charge in [0.25, 0.3) is 0 Å². The number of rotatable bonds is 3. The zero-order chi connectivity index (χ0) is 14.2. The smallest absolute Gasteiger partial charge is 0.129 e. The lowest BCUT2D eigenvalue weighted by atomic mass is 10.1. The van der Waals surface area contributed by atoms with Crippen molar-refractivity contribution in [3.63, 3.8) is 0 Å². The van der Waals surface area contributed by atoms with E-state index >= 15 is 0 Å². The van der Waals surface area contributed by atoms with E-state index in [0.29, 0.717) is 15.7 Å². The predicted octanol–water partition coefficient (Wildman–Crippen LogP) is 3.99. The topological polar surface area (TPSA) is 38.0 Å². The summed E-state index contributed by atoms with van der Waals surface area (Å²) < 4.78 is 15.3. The highest BCUT2D eigenvalue weighted by molar-refractivity contribution is 6.31. The highest BCUT2D eigenvalue weighted by Crippen LogP contribution is 2.32. The average Bonchev–Trinajstić information content (AvgIpc) is 2.73. The van der Waals surface area contributed by atoms with Crippen molar-refractivity contribution in [2.45, 2.75) is 26.0 Å². The Hall–Kier alpha value is -1.10. The molecule has 3 nitrogen and oxygen atoms in total. The lowest BCUT2D eigenvalue weighted by Gasteiger charge is -2.17. The molecule has 0 saturated heterocycles. The first-order chi connectivity index (χ1) is 8.91. The summed E-state index contributed by atoms with van der Waals surface area (Å²) in [6, 6.07) is 4.02. The second-order valence-electron chi connectivity index (χ2n) is 4.48. The fraction of sp³-hybridized carbons (Fsp3) is 0.308. The van der Waals surface area contributed by atoms with E-state index in [4.69, 9.17) is 23.2 Å². The Morgan fingerprint density at radius 3 is 2.63 bits per heavy atom. The number of hydrogen-bond donors (Lipinski definition) is 1. The van der Waals surface area contributed by atoms with E-state index in [1.54, 1.807) is 4.68 Å². The maximum atomic E-state index is 13.8. The van der Waals surface area contributed by atoms with Crippen LogP contribution in [0, 0.1) is 5.82 Å².